The summed E-state index contributed by atoms with van der Waals surface area (Å²) in [6.45, 7) is 0. The first-order valence-corrected chi connectivity index (χ1v) is 7.01. The molecule has 6 nitrogen and oxygen atoms in total. The molecule has 0 fully saturated rings. The van der Waals surface area contributed by atoms with Crippen molar-refractivity contribution in [3.8, 4) is 5.82 Å². The van der Waals surface area contributed by atoms with E-state index in [1.165, 1.54) is 36.9 Å². The van der Waals surface area contributed by atoms with Gasteiger partial charge in [-0.3, -0.25) is 9.36 Å². The van der Waals surface area contributed by atoms with Gasteiger partial charge in [0, 0.05) is 10.2 Å². The van der Waals surface area contributed by atoms with Gasteiger partial charge < -0.3 is 5.32 Å². The van der Waals surface area contributed by atoms with Crippen LogP contribution in [-0.2, 0) is 0 Å². The van der Waals surface area contributed by atoms with Gasteiger partial charge in [0.05, 0.1) is 0 Å². The Morgan fingerprint density at radius 3 is 2.45 bits per heavy atom. The molecule has 1 amide bonds. The van der Waals surface area contributed by atoms with Crippen molar-refractivity contribution < 1.29 is 9.18 Å². The molecule has 0 aliphatic heterocycles. The lowest BCUT2D eigenvalue weighted by Gasteiger charge is -2.08. The van der Waals surface area contributed by atoms with E-state index in [-0.39, 0.29) is 11.5 Å². The van der Waals surface area contributed by atoms with Crippen molar-refractivity contribution >= 4 is 27.5 Å². The van der Waals surface area contributed by atoms with Crippen LogP contribution in [0.2, 0.25) is 0 Å². The molecular formula is C14H9BrFN5O. The summed E-state index contributed by atoms with van der Waals surface area (Å²) in [4.78, 5) is 16.6. The van der Waals surface area contributed by atoms with Crippen LogP contribution in [0.25, 0.3) is 5.82 Å². The van der Waals surface area contributed by atoms with Crippen molar-refractivity contribution in [2.45, 2.75) is 0 Å². The average molecular weight is 362 g/mol. The van der Waals surface area contributed by atoms with E-state index in [1.807, 2.05) is 0 Å². The topological polar surface area (TPSA) is 72.7 Å². The minimum absolute atomic E-state index is 0.204. The molecule has 0 radical (unpaired) electrons. The summed E-state index contributed by atoms with van der Waals surface area (Å²) in [5.74, 6) is -0.266. The average Bonchev–Trinajstić information content (AvgIpc) is 3.04. The van der Waals surface area contributed by atoms with E-state index in [4.69, 9.17) is 0 Å². The smallest absolute Gasteiger partial charge is 0.275 e. The number of anilines is 1. The number of nitrogens with one attached hydrogen (secondary N) is 1. The number of nitrogens with zero attached hydrogens (tertiary/aromatic N) is 4. The summed E-state index contributed by atoms with van der Waals surface area (Å²) < 4.78 is 15.0. The third-order valence-corrected chi connectivity index (χ3v) is 3.47. The van der Waals surface area contributed by atoms with Gasteiger partial charge in [0.2, 0.25) is 0 Å². The standard InChI is InChI=1S/C14H9BrFN5O/c15-11-5-6-12(21-7-17-18-8-21)20-13(11)14(22)19-10-3-1-9(16)2-4-10/h1-8H,(H,19,22). The predicted octanol–water partition coefficient (Wildman–Crippen LogP) is 2.82. The fourth-order valence-corrected chi connectivity index (χ4v) is 2.18. The number of hydrogen-bond acceptors (Lipinski definition) is 4. The summed E-state index contributed by atoms with van der Waals surface area (Å²) >= 11 is 3.30. The van der Waals surface area contributed by atoms with Crippen LogP contribution in [0, 0.1) is 5.82 Å². The second kappa shape index (κ2) is 6.02. The Kier molecular flexibility index (Phi) is 3.92. The molecule has 0 unspecified atom stereocenters. The third kappa shape index (κ3) is 3.01. The Hall–Kier alpha value is -2.61. The summed E-state index contributed by atoms with van der Waals surface area (Å²) in [6.07, 6.45) is 2.97. The molecule has 0 saturated heterocycles. The molecule has 0 aliphatic carbocycles. The molecule has 8 heteroatoms. The molecule has 1 aromatic carbocycles. The number of carbonyl (C=O) groups is 1. The van der Waals surface area contributed by atoms with E-state index in [0.29, 0.717) is 16.0 Å². The summed E-state index contributed by atoms with van der Waals surface area (Å²) in [5.41, 5.74) is 0.685. The van der Waals surface area contributed by atoms with Gasteiger partial charge in [-0.05, 0) is 52.3 Å². The van der Waals surface area contributed by atoms with Gasteiger partial charge in [-0.25, -0.2) is 9.37 Å². The van der Waals surface area contributed by atoms with E-state index < -0.39 is 5.91 Å². The van der Waals surface area contributed by atoms with E-state index in [9.17, 15) is 9.18 Å². The van der Waals surface area contributed by atoms with E-state index >= 15 is 0 Å². The van der Waals surface area contributed by atoms with E-state index in [2.05, 4.69) is 36.4 Å². The number of amides is 1. The van der Waals surface area contributed by atoms with E-state index in [0.717, 1.165) is 0 Å². The highest BCUT2D eigenvalue weighted by Gasteiger charge is 2.14. The Morgan fingerprint density at radius 1 is 1.09 bits per heavy atom. The van der Waals surface area contributed by atoms with Gasteiger partial charge in [0.1, 0.15) is 30.0 Å². The van der Waals surface area contributed by atoms with Crippen LogP contribution in [0.1, 0.15) is 10.5 Å². The lowest BCUT2D eigenvalue weighted by atomic mass is 10.3. The first-order chi connectivity index (χ1) is 10.6. The molecule has 1 N–H and O–H groups in total. The normalized spacial score (nSPS) is 10.5. The van der Waals surface area contributed by atoms with Crippen molar-refractivity contribution in [1.29, 1.82) is 0 Å². The minimum Gasteiger partial charge on any atom is -0.321 e. The molecule has 0 saturated carbocycles. The molecule has 3 rings (SSSR count). The van der Waals surface area contributed by atoms with Gasteiger partial charge >= 0.3 is 0 Å². The van der Waals surface area contributed by atoms with Crippen LogP contribution in [-0.4, -0.2) is 25.7 Å². The highest BCUT2D eigenvalue weighted by molar-refractivity contribution is 9.10. The Labute approximate surface area is 133 Å². The number of hydrogen-bond donors (Lipinski definition) is 1. The van der Waals surface area contributed by atoms with E-state index in [1.54, 1.807) is 16.7 Å². The first-order valence-electron chi connectivity index (χ1n) is 6.22. The molecule has 2 aromatic heterocycles. The fourth-order valence-electron chi connectivity index (χ4n) is 1.78. The van der Waals surface area contributed by atoms with Crippen LogP contribution >= 0.6 is 15.9 Å². The van der Waals surface area contributed by atoms with Crippen molar-refractivity contribution in [3.63, 3.8) is 0 Å². The summed E-state index contributed by atoms with van der Waals surface area (Å²) in [5, 5.41) is 10.1. The molecule has 0 atom stereocenters. The van der Waals surface area contributed by atoms with Crippen LogP contribution in [0.3, 0.4) is 0 Å². The van der Waals surface area contributed by atoms with Crippen molar-refractivity contribution in [2.24, 2.45) is 0 Å². The van der Waals surface area contributed by atoms with Crippen LogP contribution in [0.5, 0.6) is 0 Å². The Bertz CT molecular complexity index is 805. The largest absolute Gasteiger partial charge is 0.321 e. The van der Waals surface area contributed by atoms with Gasteiger partial charge in [0.25, 0.3) is 5.91 Å². The van der Waals surface area contributed by atoms with Gasteiger partial charge in [0.15, 0.2) is 0 Å². The molecule has 3 aromatic rings. The molecular weight excluding hydrogens is 353 g/mol. The maximum atomic E-state index is 12.9. The third-order valence-electron chi connectivity index (χ3n) is 2.83. The lowest BCUT2D eigenvalue weighted by molar-refractivity contribution is 0.102. The fraction of sp³-hybridized carbons (Fsp3) is 0. The minimum atomic E-state index is -0.409. The second-order valence-electron chi connectivity index (χ2n) is 4.33. The van der Waals surface area contributed by atoms with Gasteiger partial charge in [-0.2, -0.15) is 0 Å². The Morgan fingerprint density at radius 2 is 1.77 bits per heavy atom. The maximum Gasteiger partial charge on any atom is 0.275 e. The molecule has 110 valence electrons. The van der Waals surface area contributed by atoms with Gasteiger partial charge in [-0.15, -0.1) is 10.2 Å². The zero-order valence-electron chi connectivity index (χ0n) is 11.1. The molecule has 0 aliphatic rings. The van der Waals surface area contributed by atoms with Crippen molar-refractivity contribution in [2.75, 3.05) is 5.32 Å². The monoisotopic (exact) mass is 361 g/mol. The second-order valence-corrected chi connectivity index (χ2v) is 5.18. The number of rotatable bonds is 3. The Balaban J connectivity index is 1.88. The predicted molar refractivity (Wildman–Crippen MR) is 81.2 cm³/mol. The molecule has 22 heavy (non-hydrogen) atoms. The zero-order chi connectivity index (χ0) is 15.5. The van der Waals surface area contributed by atoms with Crippen LogP contribution < -0.4 is 5.32 Å². The highest BCUT2D eigenvalue weighted by Crippen LogP contribution is 2.19. The number of aromatic nitrogens is 4. The van der Waals surface area contributed by atoms with Crippen molar-refractivity contribution in [1.82, 2.24) is 19.7 Å². The SMILES string of the molecule is O=C(Nc1ccc(F)cc1)c1nc(-n2cnnc2)ccc1Br. The summed E-state index contributed by atoms with van der Waals surface area (Å²) in [7, 11) is 0. The van der Waals surface area contributed by atoms with Gasteiger partial charge in [-0.1, -0.05) is 0 Å². The number of halogens is 2. The quantitative estimate of drug-likeness (QED) is 0.778. The van der Waals surface area contributed by atoms with Crippen LogP contribution in [0.15, 0.2) is 53.5 Å². The molecule has 0 spiro atoms. The van der Waals surface area contributed by atoms with Crippen LogP contribution in [0.4, 0.5) is 10.1 Å². The first kappa shape index (κ1) is 14.3. The lowest BCUT2D eigenvalue weighted by Crippen LogP contribution is -2.15. The molecule has 0 bridgehead atoms. The highest BCUT2D eigenvalue weighted by atomic mass is 79.9. The number of benzene rings is 1. The van der Waals surface area contributed by atoms with Crippen molar-refractivity contribution in [3.05, 3.63) is 65.0 Å². The maximum absolute atomic E-state index is 12.9. The summed E-state index contributed by atoms with van der Waals surface area (Å²) in [6, 6.07) is 8.93. The number of carbonyl (C=O) groups excluding carboxylic acids is 1. The molecule has 2 heterocycles. The zero-order valence-corrected chi connectivity index (χ0v) is 12.7. The number of pyridine rings is 1.